The van der Waals surface area contributed by atoms with E-state index < -0.39 is 31.0 Å². The lowest BCUT2D eigenvalue weighted by atomic mass is 10.2. The van der Waals surface area contributed by atoms with Crippen molar-refractivity contribution in [2.45, 2.75) is 18.6 Å². The quantitative estimate of drug-likeness (QED) is 0.556. The molecule has 1 rings (SSSR count). The van der Waals surface area contributed by atoms with Crippen molar-refractivity contribution in [1.82, 2.24) is 10.6 Å². The summed E-state index contributed by atoms with van der Waals surface area (Å²) >= 11 is 0. The number of carbonyl (C=O) groups excluding carboxylic acids is 1. The van der Waals surface area contributed by atoms with E-state index in [0.29, 0.717) is 13.2 Å². The largest absolute Gasteiger partial charge is 0.385 e. The molecule has 15 heavy (non-hydrogen) atoms. The Hall–Kier alpha value is -0.790. The van der Waals surface area contributed by atoms with Crippen molar-refractivity contribution < 1.29 is 23.4 Å². The Balaban J connectivity index is 2.22. The molecule has 1 heterocycles. The van der Waals surface area contributed by atoms with Gasteiger partial charge in [-0.05, 0) is 0 Å². The van der Waals surface area contributed by atoms with Crippen LogP contribution < -0.4 is 10.6 Å². The van der Waals surface area contributed by atoms with Crippen LogP contribution in [0.1, 0.15) is 0 Å². The third kappa shape index (κ3) is 4.06. The summed E-state index contributed by atoms with van der Waals surface area (Å²) in [6.07, 6.45) is -4.67. The van der Waals surface area contributed by atoms with E-state index in [2.05, 4.69) is 10.6 Å². The second kappa shape index (κ2) is 5.94. The first-order valence-corrected chi connectivity index (χ1v) is 4.66. The fourth-order valence-electron chi connectivity index (χ4n) is 1.15. The molecule has 1 aliphatic heterocycles. The van der Waals surface area contributed by atoms with Crippen molar-refractivity contribution in [2.75, 3.05) is 26.3 Å². The van der Waals surface area contributed by atoms with Crippen LogP contribution in [0.4, 0.5) is 8.78 Å². The molecule has 2 atom stereocenters. The topological polar surface area (TPSA) is 70.6 Å². The van der Waals surface area contributed by atoms with E-state index in [9.17, 15) is 13.6 Å². The van der Waals surface area contributed by atoms with E-state index in [0.717, 1.165) is 0 Å². The van der Waals surface area contributed by atoms with E-state index in [-0.39, 0.29) is 6.61 Å². The van der Waals surface area contributed by atoms with Gasteiger partial charge in [0, 0.05) is 13.1 Å². The molecule has 0 bridgehead atoms. The normalized spacial score (nSPS) is 23.9. The van der Waals surface area contributed by atoms with E-state index in [1.54, 1.807) is 0 Å². The molecule has 7 heteroatoms. The summed E-state index contributed by atoms with van der Waals surface area (Å²) in [5, 5.41) is 13.8. The van der Waals surface area contributed by atoms with Crippen LogP contribution in [0.5, 0.6) is 0 Å². The lowest BCUT2D eigenvalue weighted by Gasteiger charge is -2.23. The zero-order valence-electron chi connectivity index (χ0n) is 8.08. The summed E-state index contributed by atoms with van der Waals surface area (Å²) in [7, 11) is 0. The maximum Gasteiger partial charge on any atom is 0.265 e. The van der Waals surface area contributed by atoms with Gasteiger partial charge in [-0.15, -0.1) is 0 Å². The number of ether oxygens (including phenoxy) is 1. The number of rotatable bonds is 4. The Morgan fingerprint density at radius 1 is 1.67 bits per heavy atom. The third-order valence-corrected chi connectivity index (χ3v) is 2.01. The van der Waals surface area contributed by atoms with Crippen molar-refractivity contribution in [2.24, 2.45) is 0 Å². The highest BCUT2D eigenvalue weighted by molar-refractivity contribution is 5.81. The summed E-state index contributed by atoms with van der Waals surface area (Å²) in [6, 6.07) is -0.524. The predicted octanol–water partition coefficient (Wildman–Crippen LogP) is -1.28. The SMILES string of the molecule is O=C(NCC(O)C(F)F)C1COCCN1. The Morgan fingerprint density at radius 3 is 2.93 bits per heavy atom. The molecule has 0 aromatic carbocycles. The van der Waals surface area contributed by atoms with Gasteiger partial charge in [-0.2, -0.15) is 0 Å². The van der Waals surface area contributed by atoms with Gasteiger partial charge >= 0.3 is 0 Å². The number of halogens is 2. The summed E-state index contributed by atoms with van der Waals surface area (Å²) in [4.78, 5) is 11.3. The summed E-state index contributed by atoms with van der Waals surface area (Å²) in [5.41, 5.74) is 0. The first-order valence-electron chi connectivity index (χ1n) is 4.66. The molecule has 1 fully saturated rings. The van der Waals surface area contributed by atoms with Crippen LogP contribution in [0, 0.1) is 0 Å². The summed E-state index contributed by atoms with van der Waals surface area (Å²) < 4.78 is 28.8. The van der Waals surface area contributed by atoms with Crippen LogP contribution in [0.15, 0.2) is 0 Å². The van der Waals surface area contributed by atoms with Gasteiger partial charge in [-0.1, -0.05) is 0 Å². The van der Waals surface area contributed by atoms with Crippen molar-refractivity contribution in [1.29, 1.82) is 0 Å². The number of aliphatic hydroxyl groups is 1. The summed E-state index contributed by atoms with van der Waals surface area (Å²) in [6.45, 7) is 0.851. The molecule has 0 aliphatic carbocycles. The molecule has 88 valence electrons. The van der Waals surface area contributed by atoms with Crippen LogP contribution in [0.25, 0.3) is 0 Å². The molecule has 5 nitrogen and oxygen atoms in total. The molecule has 1 saturated heterocycles. The number of nitrogens with one attached hydrogen (secondary N) is 2. The minimum atomic E-state index is -2.85. The molecule has 1 aliphatic rings. The van der Waals surface area contributed by atoms with Crippen LogP contribution in [-0.4, -0.2) is 55.9 Å². The molecule has 0 saturated carbocycles. The maximum absolute atomic E-state index is 11.9. The lowest BCUT2D eigenvalue weighted by Crippen LogP contribution is -2.52. The zero-order chi connectivity index (χ0) is 11.3. The highest BCUT2D eigenvalue weighted by Gasteiger charge is 2.23. The van der Waals surface area contributed by atoms with Crippen LogP contribution in [0.2, 0.25) is 0 Å². The first kappa shape index (κ1) is 12.3. The first-order chi connectivity index (χ1) is 7.11. The van der Waals surface area contributed by atoms with Crippen molar-refractivity contribution >= 4 is 5.91 Å². The number of morpholine rings is 1. The smallest absolute Gasteiger partial charge is 0.265 e. The molecule has 0 radical (unpaired) electrons. The van der Waals surface area contributed by atoms with Gasteiger partial charge in [0.25, 0.3) is 6.43 Å². The molecular weight excluding hydrogens is 210 g/mol. The Kier molecular flexibility index (Phi) is 4.86. The monoisotopic (exact) mass is 224 g/mol. The zero-order valence-corrected chi connectivity index (χ0v) is 8.08. The Labute approximate surface area is 85.8 Å². The molecule has 0 aromatic rings. The molecule has 1 amide bonds. The third-order valence-electron chi connectivity index (χ3n) is 2.01. The van der Waals surface area contributed by atoms with Gasteiger partial charge in [0.05, 0.1) is 13.2 Å². The minimum Gasteiger partial charge on any atom is -0.385 e. The van der Waals surface area contributed by atoms with E-state index >= 15 is 0 Å². The Morgan fingerprint density at radius 2 is 2.40 bits per heavy atom. The average molecular weight is 224 g/mol. The second-order valence-electron chi connectivity index (χ2n) is 3.23. The fourth-order valence-corrected chi connectivity index (χ4v) is 1.15. The van der Waals surface area contributed by atoms with Crippen molar-refractivity contribution in [3.8, 4) is 0 Å². The number of amides is 1. The van der Waals surface area contributed by atoms with Crippen LogP contribution >= 0.6 is 0 Å². The number of aliphatic hydroxyl groups excluding tert-OH is 1. The average Bonchev–Trinajstić information content (AvgIpc) is 2.26. The van der Waals surface area contributed by atoms with Gasteiger partial charge in [0.2, 0.25) is 5.91 Å². The van der Waals surface area contributed by atoms with Gasteiger partial charge < -0.3 is 20.5 Å². The van der Waals surface area contributed by atoms with Gasteiger partial charge in [-0.25, -0.2) is 8.78 Å². The number of alkyl halides is 2. The number of carbonyl (C=O) groups is 1. The maximum atomic E-state index is 11.9. The van der Waals surface area contributed by atoms with Crippen LogP contribution in [-0.2, 0) is 9.53 Å². The number of hydrogen-bond donors (Lipinski definition) is 3. The molecule has 3 N–H and O–H groups in total. The number of hydrogen-bond acceptors (Lipinski definition) is 4. The Bertz CT molecular complexity index is 210. The standard InChI is InChI=1S/C8H14F2N2O3/c9-7(10)6(13)3-12-8(14)5-4-15-2-1-11-5/h5-7,11,13H,1-4H2,(H,12,14). The molecule has 2 unspecified atom stereocenters. The van der Waals surface area contributed by atoms with E-state index in [4.69, 9.17) is 9.84 Å². The molecular formula is C8H14F2N2O3. The predicted molar refractivity (Wildman–Crippen MR) is 47.6 cm³/mol. The lowest BCUT2D eigenvalue weighted by molar-refractivity contribution is -0.126. The molecule has 0 spiro atoms. The van der Waals surface area contributed by atoms with Gasteiger partial charge in [0.15, 0.2) is 0 Å². The van der Waals surface area contributed by atoms with E-state index in [1.807, 2.05) is 0 Å². The molecule has 0 aromatic heterocycles. The van der Waals surface area contributed by atoms with Gasteiger partial charge in [-0.3, -0.25) is 4.79 Å². The van der Waals surface area contributed by atoms with Crippen molar-refractivity contribution in [3.05, 3.63) is 0 Å². The summed E-state index contributed by atoms with van der Waals surface area (Å²) in [5.74, 6) is -0.436. The second-order valence-corrected chi connectivity index (χ2v) is 3.23. The fraction of sp³-hybridized carbons (Fsp3) is 0.875. The van der Waals surface area contributed by atoms with Crippen molar-refractivity contribution in [3.63, 3.8) is 0 Å². The highest BCUT2D eigenvalue weighted by Crippen LogP contribution is 1.99. The van der Waals surface area contributed by atoms with Gasteiger partial charge in [0.1, 0.15) is 12.1 Å². The highest BCUT2D eigenvalue weighted by atomic mass is 19.3. The van der Waals surface area contributed by atoms with Crippen LogP contribution in [0.3, 0.4) is 0 Å². The minimum absolute atomic E-state index is 0.219. The van der Waals surface area contributed by atoms with E-state index in [1.165, 1.54) is 0 Å².